The van der Waals surface area contributed by atoms with Crippen LogP contribution in [0.3, 0.4) is 0 Å². The number of amides is 2. The van der Waals surface area contributed by atoms with Crippen molar-refractivity contribution in [2.75, 3.05) is 5.32 Å². The highest BCUT2D eigenvalue weighted by molar-refractivity contribution is 5.89. The molecule has 2 N–H and O–H groups in total. The molecule has 1 heterocycles. The van der Waals surface area contributed by atoms with Gasteiger partial charge in [0.25, 0.3) is 0 Å². The zero-order chi connectivity index (χ0) is 20.9. The maximum absolute atomic E-state index is 13.8. The van der Waals surface area contributed by atoms with Crippen molar-refractivity contribution in [2.24, 2.45) is 0 Å². The minimum atomic E-state index is -0.675. The molecule has 0 aliphatic carbocycles. The minimum Gasteiger partial charge on any atom is -0.418 e. The lowest BCUT2D eigenvalue weighted by molar-refractivity contribution is 0.248. The van der Waals surface area contributed by atoms with Crippen LogP contribution in [0.25, 0.3) is 11.5 Å². The number of carbonyl (C=O) groups excluding carboxylic acids is 1. The summed E-state index contributed by atoms with van der Waals surface area (Å²) in [6, 6.07) is 22.0. The fraction of sp³-hybridized carbons (Fsp3) is 0.0870. The van der Waals surface area contributed by atoms with Crippen molar-refractivity contribution in [3.8, 4) is 11.5 Å². The van der Waals surface area contributed by atoms with Crippen LogP contribution in [-0.2, 0) is 0 Å². The molecule has 0 spiro atoms. The molecule has 7 heteroatoms. The van der Waals surface area contributed by atoms with Crippen molar-refractivity contribution in [2.45, 2.75) is 13.0 Å². The van der Waals surface area contributed by atoms with Crippen LogP contribution in [0.4, 0.5) is 14.9 Å². The summed E-state index contributed by atoms with van der Waals surface area (Å²) in [5.74, 6) is 0.205. The van der Waals surface area contributed by atoms with Crippen molar-refractivity contribution in [3.05, 3.63) is 102 Å². The van der Waals surface area contributed by atoms with Crippen LogP contribution in [0, 0.1) is 12.7 Å². The minimum absolute atomic E-state index is 0.241. The Bertz CT molecular complexity index is 1150. The number of hydrogen-bond acceptors (Lipinski definition) is 4. The Balaban J connectivity index is 1.59. The Labute approximate surface area is 172 Å². The Morgan fingerprint density at radius 3 is 2.37 bits per heavy atom. The van der Waals surface area contributed by atoms with Gasteiger partial charge in [0.05, 0.1) is 0 Å². The summed E-state index contributed by atoms with van der Waals surface area (Å²) in [5, 5.41) is 13.7. The number of hydrogen-bond donors (Lipinski definition) is 2. The SMILES string of the molecule is Cc1ccc(NC(=O)NC(c2ccccc2)c2nnc(-c3ccccc3)o2)cc1F. The summed E-state index contributed by atoms with van der Waals surface area (Å²) < 4.78 is 19.6. The normalized spacial score (nSPS) is 11.7. The van der Waals surface area contributed by atoms with E-state index in [0.29, 0.717) is 17.1 Å². The second-order valence-corrected chi connectivity index (χ2v) is 6.72. The average Bonchev–Trinajstić information content (AvgIpc) is 3.26. The van der Waals surface area contributed by atoms with Crippen molar-refractivity contribution in [1.29, 1.82) is 0 Å². The largest absolute Gasteiger partial charge is 0.418 e. The third-order valence-electron chi connectivity index (χ3n) is 4.55. The molecule has 0 aliphatic heterocycles. The first-order valence-corrected chi connectivity index (χ1v) is 9.37. The predicted molar refractivity (Wildman–Crippen MR) is 111 cm³/mol. The molecule has 1 aromatic heterocycles. The van der Waals surface area contributed by atoms with Gasteiger partial charge in [-0.25, -0.2) is 9.18 Å². The molecular weight excluding hydrogens is 383 g/mol. The maximum Gasteiger partial charge on any atom is 0.320 e. The van der Waals surface area contributed by atoms with Crippen LogP contribution in [0.1, 0.15) is 23.1 Å². The first kappa shape index (κ1) is 19.3. The summed E-state index contributed by atoms with van der Waals surface area (Å²) >= 11 is 0. The zero-order valence-electron chi connectivity index (χ0n) is 16.2. The van der Waals surface area contributed by atoms with Gasteiger partial charge in [-0.15, -0.1) is 10.2 Å². The monoisotopic (exact) mass is 402 g/mol. The lowest BCUT2D eigenvalue weighted by Crippen LogP contribution is -2.33. The highest BCUT2D eigenvalue weighted by Crippen LogP contribution is 2.25. The first-order valence-electron chi connectivity index (χ1n) is 9.37. The Kier molecular flexibility index (Phi) is 5.52. The lowest BCUT2D eigenvalue weighted by Gasteiger charge is -2.16. The third kappa shape index (κ3) is 4.35. The highest BCUT2D eigenvalue weighted by Gasteiger charge is 2.23. The number of rotatable bonds is 5. The highest BCUT2D eigenvalue weighted by atomic mass is 19.1. The van der Waals surface area contributed by atoms with Gasteiger partial charge in [-0.3, -0.25) is 0 Å². The topological polar surface area (TPSA) is 80.0 Å². The molecule has 0 fully saturated rings. The van der Waals surface area contributed by atoms with E-state index < -0.39 is 17.9 Å². The quantitative estimate of drug-likeness (QED) is 0.487. The van der Waals surface area contributed by atoms with E-state index >= 15 is 0 Å². The number of halogens is 1. The second kappa shape index (κ2) is 8.57. The van der Waals surface area contributed by atoms with E-state index in [1.165, 1.54) is 6.07 Å². The number of urea groups is 1. The number of carbonyl (C=O) groups is 1. The number of benzene rings is 3. The molecule has 0 radical (unpaired) electrons. The third-order valence-corrected chi connectivity index (χ3v) is 4.55. The van der Waals surface area contributed by atoms with E-state index in [4.69, 9.17) is 4.42 Å². The second-order valence-electron chi connectivity index (χ2n) is 6.72. The maximum atomic E-state index is 13.8. The van der Waals surface area contributed by atoms with Crippen LogP contribution in [0.5, 0.6) is 0 Å². The van der Waals surface area contributed by atoms with E-state index in [-0.39, 0.29) is 5.89 Å². The molecule has 4 aromatic rings. The van der Waals surface area contributed by atoms with E-state index in [0.717, 1.165) is 11.1 Å². The van der Waals surface area contributed by atoms with Gasteiger partial charge in [0.2, 0.25) is 11.8 Å². The van der Waals surface area contributed by atoms with Gasteiger partial charge >= 0.3 is 6.03 Å². The van der Waals surface area contributed by atoms with Crippen LogP contribution < -0.4 is 10.6 Å². The van der Waals surface area contributed by atoms with Gasteiger partial charge in [-0.2, -0.15) is 0 Å². The average molecular weight is 402 g/mol. The van der Waals surface area contributed by atoms with Crippen LogP contribution in [0.2, 0.25) is 0 Å². The summed E-state index contributed by atoms with van der Waals surface area (Å²) in [7, 11) is 0. The van der Waals surface area contributed by atoms with Crippen molar-refractivity contribution < 1.29 is 13.6 Å². The molecule has 6 nitrogen and oxygen atoms in total. The van der Waals surface area contributed by atoms with E-state index in [1.807, 2.05) is 60.7 Å². The fourth-order valence-electron chi connectivity index (χ4n) is 2.95. The van der Waals surface area contributed by atoms with Crippen LogP contribution >= 0.6 is 0 Å². The van der Waals surface area contributed by atoms with Crippen molar-refractivity contribution >= 4 is 11.7 Å². The van der Waals surface area contributed by atoms with Crippen molar-refractivity contribution in [1.82, 2.24) is 15.5 Å². The van der Waals surface area contributed by atoms with Crippen molar-refractivity contribution in [3.63, 3.8) is 0 Å². The van der Waals surface area contributed by atoms with E-state index in [2.05, 4.69) is 20.8 Å². The molecule has 0 saturated carbocycles. The van der Waals surface area contributed by atoms with Crippen LogP contribution in [0.15, 0.2) is 83.3 Å². The standard InChI is InChI=1S/C23H19FN4O2/c1-15-12-13-18(14-19(15)24)25-23(29)26-20(16-8-4-2-5-9-16)22-28-27-21(30-22)17-10-6-3-7-11-17/h2-14,20H,1H3,(H2,25,26,29). The van der Waals surface area contributed by atoms with Crippen LogP contribution in [-0.4, -0.2) is 16.2 Å². The predicted octanol–water partition coefficient (Wildman–Crippen LogP) is 5.10. The molecule has 0 aliphatic rings. The van der Waals surface area contributed by atoms with Gasteiger partial charge in [-0.05, 0) is 42.3 Å². The summed E-state index contributed by atoms with van der Waals surface area (Å²) in [5.41, 5.74) is 2.40. The molecule has 150 valence electrons. The van der Waals surface area contributed by atoms with Gasteiger partial charge in [0, 0.05) is 11.3 Å². The first-order chi connectivity index (χ1) is 14.6. The lowest BCUT2D eigenvalue weighted by atomic mass is 10.1. The molecule has 0 saturated heterocycles. The molecule has 3 aromatic carbocycles. The molecule has 2 amide bonds. The number of aromatic nitrogens is 2. The van der Waals surface area contributed by atoms with Gasteiger partial charge in [0.15, 0.2) is 0 Å². The number of anilines is 1. The molecule has 30 heavy (non-hydrogen) atoms. The molecule has 4 rings (SSSR count). The number of aryl methyl sites for hydroxylation is 1. The van der Waals surface area contributed by atoms with Gasteiger partial charge < -0.3 is 15.1 Å². The summed E-state index contributed by atoms with van der Waals surface area (Å²) in [6.45, 7) is 1.66. The Morgan fingerprint density at radius 2 is 1.67 bits per heavy atom. The van der Waals surface area contributed by atoms with Gasteiger partial charge in [0.1, 0.15) is 11.9 Å². The molecule has 0 bridgehead atoms. The zero-order valence-corrected chi connectivity index (χ0v) is 16.2. The van der Waals surface area contributed by atoms with Gasteiger partial charge in [-0.1, -0.05) is 54.6 Å². The number of nitrogens with zero attached hydrogens (tertiary/aromatic N) is 2. The molecule has 1 unspecified atom stereocenters. The summed E-state index contributed by atoms with van der Waals surface area (Å²) in [4.78, 5) is 12.6. The summed E-state index contributed by atoms with van der Waals surface area (Å²) in [6.07, 6.45) is 0. The van der Waals surface area contributed by atoms with E-state index in [9.17, 15) is 9.18 Å². The Morgan fingerprint density at radius 1 is 0.967 bits per heavy atom. The Hall–Kier alpha value is -4.00. The fourth-order valence-corrected chi connectivity index (χ4v) is 2.95. The number of nitrogens with one attached hydrogen (secondary N) is 2. The smallest absolute Gasteiger partial charge is 0.320 e. The van der Waals surface area contributed by atoms with E-state index in [1.54, 1.807) is 19.1 Å². The molecule has 1 atom stereocenters. The molecular formula is C23H19FN4O2.